The van der Waals surface area contributed by atoms with Gasteiger partial charge in [-0.25, -0.2) is 13.7 Å². The van der Waals surface area contributed by atoms with Gasteiger partial charge in [-0.05, 0) is 51.4 Å². The molecule has 8 N–H and O–H groups in total. The second-order valence-electron chi connectivity index (χ2n) is 17.4. The van der Waals surface area contributed by atoms with Crippen molar-refractivity contribution in [2.75, 3.05) is 13.2 Å². The molecule has 0 aromatic heterocycles. The number of allylic oxidation sites excluding steroid dienone is 8. The molecule has 1 aliphatic rings. The van der Waals surface area contributed by atoms with Crippen LogP contribution in [0.3, 0.4) is 0 Å². The fraction of sp³-hybridized carbons (Fsp3) is 0.787. The molecule has 0 saturated heterocycles. The maximum Gasteiger partial charge on any atom is 0.472 e. The van der Waals surface area contributed by atoms with Gasteiger partial charge in [-0.1, -0.05) is 165 Å². The molecule has 0 bridgehead atoms. The smallest absolute Gasteiger partial charge is 0.462 e. The highest BCUT2D eigenvalue weighted by atomic mass is 31.2. The predicted molar refractivity (Wildman–Crippen MR) is 261 cm³/mol. The lowest BCUT2D eigenvalue weighted by atomic mass is 9.85. The summed E-state index contributed by atoms with van der Waals surface area (Å²) in [6.07, 6.45) is 25.5. The van der Waals surface area contributed by atoms with Gasteiger partial charge in [-0.2, -0.15) is 0 Å². The van der Waals surface area contributed by atoms with Crippen LogP contribution in [0.5, 0.6) is 0 Å². The minimum Gasteiger partial charge on any atom is -0.462 e. The van der Waals surface area contributed by atoms with Gasteiger partial charge in [0.05, 0.1) is 6.61 Å². The third-order valence-corrected chi connectivity index (χ3v) is 13.2. The van der Waals surface area contributed by atoms with E-state index in [4.69, 9.17) is 18.5 Å². The minimum absolute atomic E-state index is 0.0181. The predicted octanol–water partition coefficient (Wildman–Crippen LogP) is 9.40. The van der Waals surface area contributed by atoms with Crippen molar-refractivity contribution >= 4 is 35.4 Å². The Morgan fingerprint density at radius 1 is 0.478 bits per heavy atom. The van der Waals surface area contributed by atoms with Gasteiger partial charge in [0.25, 0.3) is 0 Å². The Morgan fingerprint density at radius 2 is 0.884 bits per heavy atom. The van der Waals surface area contributed by atoms with E-state index in [1.165, 1.54) is 51.4 Å². The average molecular weight is 1050 g/mol. The first-order valence-electron chi connectivity index (χ1n) is 24.9. The van der Waals surface area contributed by atoms with Gasteiger partial charge in [-0.3, -0.25) is 27.7 Å². The van der Waals surface area contributed by atoms with Crippen LogP contribution in [0.1, 0.15) is 181 Å². The largest absolute Gasteiger partial charge is 0.472 e. The van der Waals surface area contributed by atoms with Gasteiger partial charge in [0.2, 0.25) is 0 Å². The SMILES string of the molecule is CC/C=C\C/C=C\C/C=C\C/C=C\CCCCCCCCC(=O)O[C@H](COC(=O)CCCCCCCCCCCCCCC)COP(=O)(O)O[C@H]1C(O)C(O)C(OP(=O)(O)O)[C@@H](OP(=O)(O)O)C1O. The highest BCUT2D eigenvalue weighted by molar-refractivity contribution is 7.47. The van der Waals surface area contributed by atoms with Crippen molar-refractivity contribution in [3.63, 3.8) is 0 Å². The lowest BCUT2D eigenvalue weighted by molar-refractivity contribution is -0.213. The van der Waals surface area contributed by atoms with E-state index >= 15 is 0 Å². The van der Waals surface area contributed by atoms with E-state index in [9.17, 15) is 63.1 Å². The number of ether oxygens (including phenoxy) is 2. The number of hydrogen-bond donors (Lipinski definition) is 8. The molecule has 0 aliphatic heterocycles. The topological polar surface area (TPSA) is 303 Å². The molecule has 0 spiro atoms. The first-order chi connectivity index (χ1) is 32.8. The summed E-state index contributed by atoms with van der Waals surface area (Å²) in [6, 6.07) is 0. The minimum atomic E-state index is -5.60. The van der Waals surface area contributed by atoms with Crippen LogP contribution in [0.15, 0.2) is 48.6 Å². The molecular weight excluding hydrogens is 961 g/mol. The molecule has 22 heteroatoms. The van der Waals surface area contributed by atoms with Crippen molar-refractivity contribution in [1.82, 2.24) is 0 Å². The Morgan fingerprint density at radius 3 is 1.36 bits per heavy atom. The maximum absolute atomic E-state index is 13.1. The molecule has 69 heavy (non-hydrogen) atoms. The number of hydrogen-bond acceptors (Lipinski definition) is 14. The second kappa shape index (κ2) is 38.7. The highest BCUT2D eigenvalue weighted by Crippen LogP contribution is 2.51. The van der Waals surface area contributed by atoms with Crippen LogP contribution in [0, 0.1) is 0 Å². The number of esters is 2. The Hall–Kier alpha value is -1.89. The molecule has 0 radical (unpaired) electrons. The normalized spacial score (nSPS) is 21.7. The first-order valence-corrected chi connectivity index (χ1v) is 29.5. The quantitative estimate of drug-likeness (QED) is 0.0122. The maximum atomic E-state index is 13.1. The Labute approximate surface area is 410 Å². The average Bonchev–Trinajstić information content (AvgIpc) is 3.28. The van der Waals surface area contributed by atoms with E-state index in [0.717, 1.165) is 89.9 Å². The van der Waals surface area contributed by atoms with Crippen molar-refractivity contribution in [2.24, 2.45) is 0 Å². The highest BCUT2D eigenvalue weighted by Gasteiger charge is 2.56. The van der Waals surface area contributed by atoms with Gasteiger partial charge in [0.15, 0.2) is 6.10 Å². The third-order valence-electron chi connectivity index (χ3n) is 11.2. The molecule has 5 unspecified atom stereocenters. The fourth-order valence-electron chi connectivity index (χ4n) is 7.46. The molecule has 1 aliphatic carbocycles. The number of rotatable bonds is 42. The molecule has 1 fully saturated rings. The molecule has 8 atom stereocenters. The van der Waals surface area contributed by atoms with Crippen molar-refractivity contribution < 1.29 is 90.6 Å². The zero-order valence-electron chi connectivity index (χ0n) is 40.9. The van der Waals surface area contributed by atoms with Crippen LogP contribution in [0.4, 0.5) is 0 Å². The van der Waals surface area contributed by atoms with Crippen LogP contribution >= 0.6 is 23.5 Å². The monoisotopic (exact) mass is 1050 g/mol. The summed E-state index contributed by atoms with van der Waals surface area (Å²) in [5, 5.41) is 31.9. The molecule has 0 heterocycles. The standard InChI is InChI=1S/C47H85O19P3/c1-3-5-7-9-11-13-15-17-18-19-20-21-22-24-26-28-30-32-34-36-41(49)63-39(37-61-40(48)35-33-31-29-27-25-23-16-14-12-10-8-6-4-2)38-62-69(59,60)66-45-42(50)43(51)46(64-67(53,54)55)47(44(45)52)65-68(56,57)58/h5,7,11,13,17-18,20-21,39,42-47,50-52H,3-4,6,8-10,12,14-16,19,22-38H2,1-2H3,(H,59,60)(H2,53,54,55)(H2,56,57,58)/b7-5-,13-11-,18-17-,21-20-/t39-,42?,43?,44?,45+,46?,47+/m1/s1. The zero-order chi connectivity index (χ0) is 51.4. The summed E-state index contributed by atoms with van der Waals surface area (Å²) in [5.74, 6) is -1.31. The van der Waals surface area contributed by atoms with Crippen molar-refractivity contribution in [2.45, 2.75) is 224 Å². The van der Waals surface area contributed by atoms with Crippen LogP contribution in [0.25, 0.3) is 0 Å². The number of carbonyl (C=O) groups excluding carboxylic acids is 2. The molecule has 1 saturated carbocycles. The molecular formula is C47H85O19P3. The number of carbonyl (C=O) groups is 2. The van der Waals surface area contributed by atoms with Crippen LogP contribution in [-0.2, 0) is 50.9 Å². The molecule has 0 aromatic rings. The number of phosphoric ester groups is 3. The fourth-order valence-corrected chi connectivity index (χ4v) is 9.55. The third kappa shape index (κ3) is 35.0. The summed E-state index contributed by atoms with van der Waals surface area (Å²) >= 11 is 0. The Balaban J connectivity index is 2.71. The summed E-state index contributed by atoms with van der Waals surface area (Å²) in [7, 11) is -16.6. The van der Waals surface area contributed by atoms with Gasteiger partial charge in [-0.15, -0.1) is 0 Å². The Kier molecular flexibility index (Phi) is 36.5. The number of unbranched alkanes of at least 4 members (excludes halogenated alkanes) is 18. The summed E-state index contributed by atoms with van der Waals surface area (Å²) < 4.78 is 65.5. The van der Waals surface area contributed by atoms with E-state index in [1.807, 2.05) is 0 Å². The van der Waals surface area contributed by atoms with Crippen LogP contribution in [-0.4, -0.2) is 108 Å². The zero-order valence-corrected chi connectivity index (χ0v) is 43.6. The first kappa shape index (κ1) is 65.1. The lowest BCUT2D eigenvalue weighted by Crippen LogP contribution is -2.65. The molecule has 1 rings (SSSR count). The molecule has 0 amide bonds. The number of aliphatic hydroxyl groups is 3. The second-order valence-corrected chi connectivity index (χ2v) is 21.2. The van der Waals surface area contributed by atoms with Gasteiger partial charge >= 0.3 is 35.4 Å². The number of phosphoric acid groups is 3. The van der Waals surface area contributed by atoms with Crippen molar-refractivity contribution in [1.29, 1.82) is 0 Å². The van der Waals surface area contributed by atoms with Gasteiger partial charge in [0.1, 0.15) is 43.2 Å². The van der Waals surface area contributed by atoms with E-state index in [0.29, 0.717) is 12.8 Å². The molecule has 0 aromatic carbocycles. The summed E-state index contributed by atoms with van der Waals surface area (Å²) in [5.41, 5.74) is 0. The Bertz CT molecular complexity index is 1630. The summed E-state index contributed by atoms with van der Waals surface area (Å²) in [6.45, 7) is 2.83. The van der Waals surface area contributed by atoms with E-state index in [1.54, 1.807) is 0 Å². The number of aliphatic hydroxyl groups excluding tert-OH is 3. The van der Waals surface area contributed by atoms with E-state index in [-0.39, 0.29) is 12.8 Å². The summed E-state index contributed by atoms with van der Waals surface area (Å²) in [4.78, 5) is 73.3. The van der Waals surface area contributed by atoms with Crippen LogP contribution < -0.4 is 0 Å². The lowest BCUT2D eigenvalue weighted by Gasteiger charge is -2.44. The van der Waals surface area contributed by atoms with Gasteiger partial charge < -0.3 is 49.3 Å². The molecule has 402 valence electrons. The molecule has 19 nitrogen and oxygen atoms in total. The van der Waals surface area contributed by atoms with E-state index in [2.05, 4.69) is 71.5 Å². The van der Waals surface area contributed by atoms with Crippen molar-refractivity contribution in [3.05, 3.63) is 48.6 Å². The van der Waals surface area contributed by atoms with Crippen molar-refractivity contribution in [3.8, 4) is 0 Å². The van der Waals surface area contributed by atoms with Crippen LogP contribution in [0.2, 0.25) is 0 Å². The van der Waals surface area contributed by atoms with E-state index < -0.39 is 91.3 Å². The van der Waals surface area contributed by atoms with Gasteiger partial charge in [0, 0.05) is 12.8 Å².